The first kappa shape index (κ1) is 10.2. The van der Waals surface area contributed by atoms with E-state index in [-0.39, 0.29) is 0 Å². The fraction of sp³-hybridized carbons (Fsp3) is 0.250. The SMILES string of the molecule is c1ccc2c(c1)CNCC2c1nn2cnnc2s1. The normalized spacial score (nSPS) is 19.0. The number of fused-ring (bicyclic) bond motifs is 2. The smallest absolute Gasteiger partial charge is 0.234 e. The molecule has 4 rings (SSSR count). The molecule has 0 bridgehead atoms. The quantitative estimate of drug-likeness (QED) is 0.716. The maximum Gasteiger partial charge on any atom is 0.234 e. The fourth-order valence-corrected chi connectivity index (χ4v) is 3.37. The van der Waals surface area contributed by atoms with E-state index in [0.717, 1.165) is 23.1 Å². The molecule has 2 aromatic heterocycles. The van der Waals surface area contributed by atoms with Gasteiger partial charge in [0, 0.05) is 13.1 Å². The summed E-state index contributed by atoms with van der Waals surface area (Å²) in [7, 11) is 0. The van der Waals surface area contributed by atoms with Crippen LogP contribution in [-0.2, 0) is 6.54 Å². The van der Waals surface area contributed by atoms with Crippen LogP contribution in [0.2, 0.25) is 0 Å². The van der Waals surface area contributed by atoms with Gasteiger partial charge in [-0.2, -0.15) is 9.61 Å². The van der Waals surface area contributed by atoms with Gasteiger partial charge < -0.3 is 5.32 Å². The van der Waals surface area contributed by atoms with Gasteiger partial charge in [-0.1, -0.05) is 35.6 Å². The Kier molecular flexibility index (Phi) is 2.18. The Morgan fingerprint density at radius 2 is 2.28 bits per heavy atom. The van der Waals surface area contributed by atoms with E-state index in [1.807, 2.05) is 0 Å². The highest BCUT2D eigenvalue weighted by atomic mass is 32.1. The van der Waals surface area contributed by atoms with Crippen molar-refractivity contribution < 1.29 is 0 Å². The van der Waals surface area contributed by atoms with Gasteiger partial charge in [0.2, 0.25) is 4.96 Å². The van der Waals surface area contributed by atoms with E-state index in [1.54, 1.807) is 22.2 Å². The van der Waals surface area contributed by atoms with Crippen LogP contribution >= 0.6 is 11.3 Å². The number of nitrogens with zero attached hydrogens (tertiary/aromatic N) is 4. The third kappa shape index (κ3) is 1.46. The largest absolute Gasteiger partial charge is 0.312 e. The summed E-state index contributed by atoms with van der Waals surface area (Å²) in [6.45, 7) is 1.87. The molecule has 18 heavy (non-hydrogen) atoms. The molecule has 1 aromatic carbocycles. The van der Waals surface area contributed by atoms with Crippen LogP contribution in [0.5, 0.6) is 0 Å². The van der Waals surface area contributed by atoms with Crippen LogP contribution < -0.4 is 5.32 Å². The van der Waals surface area contributed by atoms with Crippen molar-refractivity contribution in [3.8, 4) is 0 Å². The molecule has 1 atom stereocenters. The van der Waals surface area contributed by atoms with Gasteiger partial charge in [-0.15, -0.1) is 10.2 Å². The minimum absolute atomic E-state index is 0.321. The summed E-state index contributed by atoms with van der Waals surface area (Å²) in [6, 6.07) is 8.55. The predicted molar refractivity (Wildman–Crippen MR) is 68.7 cm³/mol. The van der Waals surface area contributed by atoms with E-state index in [9.17, 15) is 0 Å². The first-order valence-corrected chi connectivity index (χ1v) is 6.69. The van der Waals surface area contributed by atoms with Crippen molar-refractivity contribution in [2.24, 2.45) is 0 Å². The minimum Gasteiger partial charge on any atom is -0.312 e. The summed E-state index contributed by atoms with van der Waals surface area (Å²) in [5.41, 5.74) is 2.74. The number of hydrogen-bond acceptors (Lipinski definition) is 5. The molecule has 3 heterocycles. The van der Waals surface area contributed by atoms with Crippen molar-refractivity contribution in [1.82, 2.24) is 25.1 Å². The van der Waals surface area contributed by atoms with Crippen LogP contribution in [0.4, 0.5) is 0 Å². The van der Waals surface area contributed by atoms with Crippen LogP contribution in [0.25, 0.3) is 4.96 Å². The Bertz CT molecular complexity index is 673. The summed E-state index contributed by atoms with van der Waals surface area (Å²) >= 11 is 1.61. The number of hydrogen-bond donors (Lipinski definition) is 1. The molecule has 0 saturated heterocycles. The van der Waals surface area contributed by atoms with Gasteiger partial charge in [-0.3, -0.25) is 0 Å². The highest BCUT2D eigenvalue weighted by molar-refractivity contribution is 7.16. The minimum atomic E-state index is 0.321. The lowest BCUT2D eigenvalue weighted by Gasteiger charge is -2.24. The Hall–Kier alpha value is -1.79. The summed E-state index contributed by atoms with van der Waals surface area (Å²) in [5, 5.41) is 17.0. The fourth-order valence-electron chi connectivity index (χ4n) is 2.43. The van der Waals surface area contributed by atoms with Gasteiger partial charge in [0.15, 0.2) is 0 Å². The molecule has 1 aliphatic heterocycles. The van der Waals surface area contributed by atoms with Gasteiger partial charge in [-0.05, 0) is 11.1 Å². The van der Waals surface area contributed by atoms with E-state index in [2.05, 4.69) is 44.9 Å². The lowest BCUT2D eigenvalue weighted by Crippen LogP contribution is -2.28. The number of rotatable bonds is 1. The summed E-state index contributed by atoms with van der Waals surface area (Å²) in [4.78, 5) is 0.855. The molecule has 0 fully saturated rings. The highest BCUT2D eigenvalue weighted by Gasteiger charge is 2.24. The number of nitrogens with one attached hydrogen (secondary N) is 1. The van der Waals surface area contributed by atoms with Crippen LogP contribution in [0, 0.1) is 0 Å². The molecule has 5 nitrogen and oxygen atoms in total. The van der Waals surface area contributed by atoms with Gasteiger partial charge in [0.25, 0.3) is 0 Å². The van der Waals surface area contributed by atoms with E-state index in [0.29, 0.717) is 5.92 Å². The molecule has 0 aliphatic carbocycles. The molecule has 90 valence electrons. The van der Waals surface area contributed by atoms with E-state index in [1.165, 1.54) is 11.1 Å². The molecular formula is C12H11N5S. The third-order valence-electron chi connectivity index (χ3n) is 3.29. The van der Waals surface area contributed by atoms with E-state index in [4.69, 9.17) is 0 Å². The van der Waals surface area contributed by atoms with Crippen LogP contribution in [0.1, 0.15) is 22.1 Å². The second-order valence-electron chi connectivity index (χ2n) is 4.38. The highest BCUT2D eigenvalue weighted by Crippen LogP contribution is 2.31. The Morgan fingerprint density at radius 3 is 3.22 bits per heavy atom. The monoisotopic (exact) mass is 257 g/mol. The lowest BCUT2D eigenvalue weighted by molar-refractivity contribution is 0.584. The second-order valence-corrected chi connectivity index (χ2v) is 5.37. The molecule has 0 saturated carbocycles. The number of benzene rings is 1. The summed E-state index contributed by atoms with van der Waals surface area (Å²) < 4.78 is 1.75. The van der Waals surface area contributed by atoms with Crippen LogP contribution in [-0.4, -0.2) is 26.4 Å². The van der Waals surface area contributed by atoms with Gasteiger partial charge in [0.05, 0.1) is 5.92 Å². The van der Waals surface area contributed by atoms with Crippen molar-refractivity contribution in [3.63, 3.8) is 0 Å². The first-order chi connectivity index (χ1) is 8.92. The van der Waals surface area contributed by atoms with Gasteiger partial charge in [-0.25, -0.2) is 0 Å². The van der Waals surface area contributed by atoms with Crippen LogP contribution in [0.3, 0.4) is 0 Å². The van der Waals surface area contributed by atoms with Crippen LogP contribution in [0.15, 0.2) is 30.6 Å². The molecule has 0 spiro atoms. The summed E-state index contributed by atoms with van der Waals surface area (Å²) in [6.07, 6.45) is 1.65. The van der Waals surface area contributed by atoms with Crippen molar-refractivity contribution >= 4 is 16.3 Å². The van der Waals surface area contributed by atoms with Gasteiger partial charge >= 0.3 is 0 Å². The first-order valence-electron chi connectivity index (χ1n) is 5.87. The zero-order valence-corrected chi connectivity index (χ0v) is 10.4. The lowest BCUT2D eigenvalue weighted by atomic mass is 9.91. The molecular weight excluding hydrogens is 246 g/mol. The Morgan fingerprint density at radius 1 is 1.33 bits per heavy atom. The van der Waals surface area contributed by atoms with Crippen molar-refractivity contribution in [2.45, 2.75) is 12.5 Å². The maximum atomic E-state index is 4.57. The molecule has 0 amide bonds. The van der Waals surface area contributed by atoms with Crippen molar-refractivity contribution in [3.05, 3.63) is 46.7 Å². The number of aromatic nitrogens is 4. The average Bonchev–Trinajstić information content (AvgIpc) is 2.99. The molecule has 6 heteroatoms. The Labute approximate surface area is 107 Å². The molecule has 3 aromatic rings. The molecule has 1 unspecified atom stereocenters. The summed E-state index contributed by atoms with van der Waals surface area (Å²) in [5.74, 6) is 0.321. The zero-order chi connectivity index (χ0) is 11.9. The van der Waals surface area contributed by atoms with E-state index >= 15 is 0 Å². The Balaban J connectivity index is 1.84. The maximum absolute atomic E-state index is 4.57. The standard InChI is InChI=1S/C12H11N5S/c1-2-4-9-8(3-1)5-13-6-10(9)11-16-17-7-14-15-12(17)18-11/h1-4,7,10,13H,5-6H2. The topological polar surface area (TPSA) is 55.1 Å². The van der Waals surface area contributed by atoms with E-state index < -0.39 is 0 Å². The molecule has 1 N–H and O–H groups in total. The molecule has 1 aliphatic rings. The van der Waals surface area contributed by atoms with Crippen molar-refractivity contribution in [1.29, 1.82) is 0 Å². The molecule has 0 radical (unpaired) electrons. The zero-order valence-electron chi connectivity index (χ0n) is 9.58. The van der Waals surface area contributed by atoms with Crippen molar-refractivity contribution in [2.75, 3.05) is 6.54 Å². The second kappa shape index (κ2) is 3.86. The average molecular weight is 257 g/mol. The predicted octanol–water partition coefficient (Wildman–Crippen LogP) is 1.42. The third-order valence-corrected chi connectivity index (χ3v) is 4.32. The van der Waals surface area contributed by atoms with Gasteiger partial charge in [0.1, 0.15) is 11.3 Å².